The second-order valence-corrected chi connectivity index (χ2v) is 6.30. The van der Waals surface area contributed by atoms with Crippen LogP contribution in [-0.2, 0) is 6.54 Å². The molecule has 5 nitrogen and oxygen atoms in total. The molecular weight excluding hydrogens is 302 g/mol. The Kier molecular flexibility index (Phi) is 5.64. The fourth-order valence-corrected chi connectivity index (χ4v) is 3.22. The number of piperidine rings is 1. The van der Waals surface area contributed by atoms with Crippen LogP contribution in [0.3, 0.4) is 0 Å². The van der Waals surface area contributed by atoms with Gasteiger partial charge in [-0.3, -0.25) is 4.79 Å². The second kappa shape index (κ2) is 8.11. The highest BCUT2D eigenvalue weighted by Crippen LogP contribution is 2.19. The highest BCUT2D eigenvalue weighted by Gasteiger charge is 2.14. The van der Waals surface area contributed by atoms with Gasteiger partial charge in [-0.05, 0) is 56.5 Å². The van der Waals surface area contributed by atoms with Gasteiger partial charge in [-0.25, -0.2) is 4.68 Å². The van der Waals surface area contributed by atoms with Crippen molar-refractivity contribution in [2.45, 2.75) is 32.7 Å². The Hall–Kier alpha value is -2.14. The minimum absolute atomic E-state index is 0.0268. The predicted octanol–water partition coefficient (Wildman–Crippen LogP) is 1.38. The van der Waals surface area contributed by atoms with E-state index in [4.69, 9.17) is 4.74 Å². The van der Waals surface area contributed by atoms with E-state index in [1.807, 2.05) is 31.2 Å². The smallest absolute Gasteiger partial charge is 0.266 e. The van der Waals surface area contributed by atoms with E-state index in [9.17, 15) is 4.79 Å². The number of likely N-dealkylation sites (tertiary alicyclic amines) is 1. The lowest BCUT2D eigenvalue weighted by Crippen LogP contribution is -3.13. The van der Waals surface area contributed by atoms with E-state index in [0.29, 0.717) is 13.2 Å². The molecule has 0 saturated carbocycles. The summed E-state index contributed by atoms with van der Waals surface area (Å²) in [7, 11) is 0. The van der Waals surface area contributed by atoms with Gasteiger partial charge < -0.3 is 9.64 Å². The van der Waals surface area contributed by atoms with Crippen molar-refractivity contribution >= 4 is 0 Å². The molecule has 1 aliphatic heterocycles. The lowest BCUT2D eigenvalue weighted by atomic mass is 10.1. The second-order valence-electron chi connectivity index (χ2n) is 6.30. The van der Waals surface area contributed by atoms with Crippen molar-refractivity contribution in [3.8, 4) is 17.0 Å². The van der Waals surface area contributed by atoms with E-state index in [0.717, 1.165) is 23.6 Å². The molecule has 1 saturated heterocycles. The molecule has 0 aliphatic carbocycles. The van der Waals surface area contributed by atoms with Gasteiger partial charge >= 0.3 is 0 Å². The summed E-state index contributed by atoms with van der Waals surface area (Å²) in [5, 5.41) is 4.55. The topological polar surface area (TPSA) is 48.6 Å². The van der Waals surface area contributed by atoms with Crippen molar-refractivity contribution in [3.05, 3.63) is 46.8 Å². The van der Waals surface area contributed by atoms with Gasteiger partial charge in [0.15, 0.2) is 0 Å². The number of hydrogen-bond acceptors (Lipinski definition) is 3. The van der Waals surface area contributed by atoms with Crippen LogP contribution < -0.4 is 15.2 Å². The maximum atomic E-state index is 12.1. The number of nitrogens with one attached hydrogen (secondary N) is 1. The van der Waals surface area contributed by atoms with Crippen LogP contribution in [0.4, 0.5) is 0 Å². The van der Waals surface area contributed by atoms with Crippen LogP contribution >= 0.6 is 0 Å². The minimum atomic E-state index is -0.0268. The van der Waals surface area contributed by atoms with Gasteiger partial charge in [-0.2, -0.15) is 5.10 Å². The molecule has 1 aromatic carbocycles. The van der Waals surface area contributed by atoms with Crippen LogP contribution in [0.5, 0.6) is 5.75 Å². The van der Waals surface area contributed by atoms with Gasteiger partial charge in [0.1, 0.15) is 5.75 Å². The molecule has 1 N–H and O–H groups in total. The summed E-state index contributed by atoms with van der Waals surface area (Å²) >= 11 is 0. The third kappa shape index (κ3) is 4.23. The Bertz CT molecular complexity index is 703. The Balaban J connectivity index is 1.71. The van der Waals surface area contributed by atoms with Crippen molar-refractivity contribution in [2.24, 2.45) is 0 Å². The van der Waals surface area contributed by atoms with Gasteiger partial charge in [-0.15, -0.1) is 0 Å². The molecule has 2 heterocycles. The van der Waals surface area contributed by atoms with Crippen molar-refractivity contribution in [1.29, 1.82) is 0 Å². The molecule has 1 aliphatic rings. The number of quaternary nitrogens is 1. The molecule has 128 valence electrons. The van der Waals surface area contributed by atoms with E-state index in [1.54, 1.807) is 21.7 Å². The molecule has 3 rings (SSSR count). The summed E-state index contributed by atoms with van der Waals surface area (Å²) in [5.74, 6) is 0.850. The molecule has 0 radical (unpaired) electrons. The first kappa shape index (κ1) is 16.7. The monoisotopic (exact) mass is 328 g/mol. The first-order chi connectivity index (χ1) is 11.8. The normalized spacial score (nSPS) is 15.4. The Morgan fingerprint density at radius 1 is 1.08 bits per heavy atom. The fraction of sp³-hybridized carbons (Fsp3) is 0.474. The molecule has 0 bridgehead atoms. The summed E-state index contributed by atoms with van der Waals surface area (Å²) in [5.41, 5.74) is 1.80. The van der Waals surface area contributed by atoms with E-state index in [-0.39, 0.29) is 5.56 Å². The summed E-state index contributed by atoms with van der Waals surface area (Å²) in [6, 6.07) is 11.3. The van der Waals surface area contributed by atoms with Crippen LogP contribution in [0.2, 0.25) is 0 Å². The van der Waals surface area contributed by atoms with Gasteiger partial charge in [0.2, 0.25) is 0 Å². The molecule has 1 fully saturated rings. The zero-order chi connectivity index (χ0) is 16.8. The molecule has 0 spiro atoms. The lowest BCUT2D eigenvalue weighted by molar-refractivity contribution is -0.905. The van der Waals surface area contributed by atoms with Crippen molar-refractivity contribution in [3.63, 3.8) is 0 Å². The van der Waals surface area contributed by atoms with Crippen LogP contribution in [0.1, 0.15) is 26.2 Å². The average Bonchev–Trinajstić information content (AvgIpc) is 2.63. The Morgan fingerprint density at radius 2 is 1.83 bits per heavy atom. The third-order valence-electron chi connectivity index (χ3n) is 4.57. The SMILES string of the molecule is CCOc1ccc(-c2ccc(=O)n(CC[NH+]3CCCCC3)n2)cc1. The lowest BCUT2D eigenvalue weighted by Gasteiger charge is -2.23. The quantitative estimate of drug-likeness (QED) is 0.871. The Labute approximate surface area is 142 Å². The van der Waals surface area contributed by atoms with E-state index in [1.165, 1.54) is 32.4 Å². The first-order valence-corrected chi connectivity index (χ1v) is 8.91. The average molecular weight is 328 g/mol. The van der Waals surface area contributed by atoms with Crippen molar-refractivity contribution < 1.29 is 9.64 Å². The standard InChI is InChI=1S/C19H25N3O2/c1-2-24-17-8-6-16(7-9-17)18-10-11-19(23)22(20-18)15-14-21-12-4-3-5-13-21/h6-11H,2-5,12-15H2,1H3/p+1. The molecular formula is C19H26N3O2+. The van der Waals surface area contributed by atoms with Crippen LogP contribution in [0.25, 0.3) is 11.3 Å². The third-order valence-corrected chi connectivity index (χ3v) is 4.57. The molecule has 24 heavy (non-hydrogen) atoms. The number of benzene rings is 1. The number of hydrogen-bond donors (Lipinski definition) is 1. The van der Waals surface area contributed by atoms with E-state index in [2.05, 4.69) is 5.10 Å². The number of ether oxygens (including phenoxy) is 1. The fourth-order valence-electron chi connectivity index (χ4n) is 3.22. The van der Waals surface area contributed by atoms with Gasteiger partial charge in [-0.1, -0.05) is 0 Å². The summed E-state index contributed by atoms with van der Waals surface area (Å²) in [6.45, 7) is 6.70. The van der Waals surface area contributed by atoms with Crippen LogP contribution in [0.15, 0.2) is 41.2 Å². The summed E-state index contributed by atoms with van der Waals surface area (Å²) in [4.78, 5) is 13.7. The molecule has 0 amide bonds. The molecule has 5 heteroatoms. The summed E-state index contributed by atoms with van der Waals surface area (Å²) < 4.78 is 7.07. The maximum absolute atomic E-state index is 12.1. The van der Waals surface area contributed by atoms with E-state index >= 15 is 0 Å². The van der Waals surface area contributed by atoms with Crippen molar-refractivity contribution in [2.75, 3.05) is 26.2 Å². The molecule has 0 atom stereocenters. The van der Waals surface area contributed by atoms with Crippen LogP contribution in [-0.4, -0.2) is 36.0 Å². The predicted molar refractivity (Wildman–Crippen MR) is 94.5 cm³/mol. The van der Waals surface area contributed by atoms with Gasteiger partial charge in [0.05, 0.1) is 38.5 Å². The zero-order valence-electron chi connectivity index (χ0n) is 14.3. The molecule has 1 aromatic heterocycles. The minimum Gasteiger partial charge on any atom is -0.494 e. The molecule has 0 unspecified atom stereocenters. The maximum Gasteiger partial charge on any atom is 0.266 e. The Morgan fingerprint density at radius 3 is 2.54 bits per heavy atom. The molecule has 2 aromatic rings. The van der Waals surface area contributed by atoms with Crippen LogP contribution in [0, 0.1) is 0 Å². The number of rotatable bonds is 6. The van der Waals surface area contributed by atoms with Gasteiger partial charge in [0, 0.05) is 11.6 Å². The number of aromatic nitrogens is 2. The number of nitrogens with zero attached hydrogens (tertiary/aromatic N) is 2. The highest BCUT2D eigenvalue weighted by atomic mass is 16.5. The van der Waals surface area contributed by atoms with Crippen molar-refractivity contribution in [1.82, 2.24) is 9.78 Å². The zero-order valence-corrected chi connectivity index (χ0v) is 14.3. The first-order valence-electron chi connectivity index (χ1n) is 8.91. The highest BCUT2D eigenvalue weighted by molar-refractivity contribution is 5.59. The van der Waals surface area contributed by atoms with E-state index < -0.39 is 0 Å². The van der Waals surface area contributed by atoms with Gasteiger partial charge in [0.25, 0.3) is 5.56 Å². The largest absolute Gasteiger partial charge is 0.494 e. The summed E-state index contributed by atoms with van der Waals surface area (Å²) in [6.07, 6.45) is 3.93.